The molecule has 0 saturated heterocycles. The first-order chi connectivity index (χ1) is 8.22. The standard InChI is InChI=1S/C14H22ClNO2/c1-8-10(7-14(3,4)16)12(17-5)9(2)11(15)13(8)18-6/h7,16H2,1-6H3. The highest BCUT2D eigenvalue weighted by atomic mass is 35.5. The molecular formula is C14H22ClNO2. The van der Waals surface area contributed by atoms with E-state index in [4.69, 9.17) is 26.8 Å². The molecule has 0 aromatic heterocycles. The molecule has 0 unspecified atom stereocenters. The summed E-state index contributed by atoms with van der Waals surface area (Å²) in [7, 11) is 3.27. The Balaban J connectivity index is 3.52. The number of halogens is 1. The van der Waals surface area contributed by atoms with Crippen LogP contribution in [0.4, 0.5) is 0 Å². The number of hydrogen-bond donors (Lipinski definition) is 1. The minimum Gasteiger partial charge on any atom is -0.496 e. The summed E-state index contributed by atoms with van der Waals surface area (Å²) in [5.74, 6) is 1.51. The zero-order valence-electron chi connectivity index (χ0n) is 12.0. The third-order valence-corrected chi connectivity index (χ3v) is 3.43. The van der Waals surface area contributed by atoms with Crippen LogP contribution in [-0.2, 0) is 6.42 Å². The van der Waals surface area contributed by atoms with Crippen molar-refractivity contribution in [2.75, 3.05) is 14.2 Å². The van der Waals surface area contributed by atoms with Crippen LogP contribution >= 0.6 is 11.6 Å². The molecule has 0 spiro atoms. The van der Waals surface area contributed by atoms with Gasteiger partial charge in [0.25, 0.3) is 0 Å². The Bertz CT molecular complexity index is 450. The van der Waals surface area contributed by atoms with Crippen LogP contribution in [0.1, 0.15) is 30.5 Å². The van der Waals surface area contributed by atoms with E-state index in [2.05, 4.69) is 0 Å². The van der Waals surface area contributed by atoms with Crippen LogP contribution in [0.2, 0.25) is 5.02 Å². The lowest BCUT2D eigenvalue weighted by Gasteiger charge is -2.25. The van der Waals surface area contributed by atoms with Gasteiger partial charge in [-0.2, -0.15) is 0 Å². The van der Waals surface area contributed by atoms with Gasteiger partial charge in [-0.15, -0.1) is 0 Å². The molecule has 0 aliphatic rings. The molecule has 0 aliphatic carbocycles. The summed E-state index contributed by atoms with van der Waals surface area (Å²) in [4.78, 5) is 0. The normalized spacial score (nSPS) is 11.6. The highest BCUT2D eigenvalue weighted by Crippen LogP contribution is 2.42. The number of rotatable bonds is 4. The summed E-state index contributed by atoms with van der Waals surface area (Å²) < 4.78 is 10.9. The first-order valence-corrected chi connectivity index (χ1v) is 6.29. The van der Waals surface area contributed by atoms with Crippen molar-refractivity contribution in [3.63, 3.8) is 0 Å². The zero-order chi connectivity index (χ0) is 14.1. The highest BCUT2D eigenvalue weighted by Gasteiger charge is 2.23. The molecule has 102 valence electrons. The summed E-state index contributed by atoms with van der Waals surface area (Å²) in [5.41, 5.74) is 8.73. The lowest BCUT2D eigenvalue weighted by Crippen LogP contribution is -2.35. The summed E-state index contributed by atoms with van der Waals surface area (Å²) in [6.07, 6.45) is 0.705. The smallest absolute Gasteiger partial charge is 0.141 e. The second kappa shape index (κ2) is 5.37. The maximum Gasteiger partial charge on any atom is 0.141 e. The second-order valence-corrected chi connectivity index (χ2v) is 5.65. The van der Waals surface area contributed by atoms with Crippen LogP contribution in [0.25, 0.3) is 0 Å². The molecule has 0 heterocycles. The Labute approximate surface area is 114 Å². The summed E-state index contributed by atoms with van der Waals surface area (Å²) >= 11 is 6.29. The van der Waals surface area contributed by atoms with Gasteiger partial charge in [-0.25, -0.2) is 0 Å². The lowest BCUT2D eigenvalue weighted by molar-refractivity contribution is 0.387. The molecule has 18 heavy (non-hydrogen) atoms. The van der Waals surface area contributed by atoms with Gasteiger partial charge >= 0.3 is 0 Å². The lowest BCUT2D eigenvalue weighted by atomic mass is 9.90. The molecule has 4 heteroatoms. The number of nitrogens with two attached hydrogens (primary N) is 1. The van der Waals surface area contributed by atoms with E-state index in [1.165, 1.54) is 0 Å². The average molecular weight is 272 g/mol. The van der Waals surface area contributed by atoms with Crippen LogP contribution in [0.15, 0.2) is 0 Å². The highest BCUT2D eigenvalue weighted by molar-refractivity contribution is 6.33. The summed E-state index contributed by atoms with van der Waals surface area (Å²) in [5, 5.41) is 0.602. The minimum absolute atomic E-state index is 0.316. The van der Waals surface area contributed by atoms with E-state index in [1.807, 2.05) is 27.7 Å². The van der Waals surface area contributed by atoms with Crippen molar-refractivity contribution in [2.45, 2.75) is 39.7 Å². The molecule has 1 aromatic rings. The molecular weight excluding hydrogens is 250 g/mol. The predicted molar refractivity (Wildman–Crippen MR) is 76.0 cm³/mol. The third-order valence-electron chi connectivity index (χ3n) is 2.98. The first kappa shape index (κ1) is 15.1. The van der Waals surface area contributed by atoms with Gasteiger partial charge < -0.3 is 15.2 Å². The van der Waals surface area contributed by atoms with Gasteiger partial charge in [0.05, 0.1) is 19.2 Å². The Morgan fingerprint density at radius 2 is 1.56 bits per heavy atom. The van der Waals surface area contributed by atoms with E-state index in [1.54, 1.807) is 14.2 Å². The van der Waals surface area contributed by atoms with Crippen molar-refractivity contribution < 1.29 is 9.47 Å². The fourth-order valence-corrected chi connectivity index (χ4v) is 2.46. The van der Waals surface area contributed by atoms with Crippen LogP contribution in [0.5, 0.6) is 11.5 Å². The maximum atomic E-state index is 6.29. The van der Waals surface area contributed by atoms with Crippen LogP contribution < -0.4 is 15.2 Å². The Morgan fingerprint density at radius 1 is 1.06 bits per heavy atom. The Kier molecular flexibility index (Phi) is 4.51. The SMILES string of the molecule is COc1c(C)c(CC(C)(C)N)c(OC)c(C)c1Cl. The molecule has 0 radical (unpaired) electrons. The first-order valence-electron chi connectivity index (χ1n) is 5.91. The van der Waals surface area contributed by atoms with E-state index in [0.717, 1.165) is 22.4 Å². The van der Waals surface area contributed by atoms with Crippen LogP contribution in [0.3, 0.4) is 0 Å². The van der Waals surface area contributed by atoms with E-state index in [-0.39, 0.29) is 5.54 Å². The summed E-state index contributed by atoms with van der Waals surface area (Å²) in [6, 6.07) is 0. The predicted octanol–water partition coefficient (Wildman–Crippen LogP) is 3.25. The molecule has 1 rings (SSSR count). The molecule has 0 saturated carbocycles. The van der Waals surface area contributed by atoms with Gasteiger partial charge in [0.15, 0.2) is 0 Å². The minimum atomic E-state index is -0.316. The van der Waals surface area contributed by atoms with E-state index >= 15 is 0 Å². The van der Waals surface area contributed by atoms with Crippen molar-refractivity contribution in [2.24, 2.45) is 5.73 Å². The van der Waals surface area contributed by atoms with Crippen molar-refractivity contribution in [3.8, 4) is 11.5 Å². The number of ether oxygens (including phenoxy) is 2. The Morgan fingerprint density at radius 3 is 1.94 bits per heavy atom. The summed E-state index contributed by atoms with van der Waals surface area (Å²) in [6.45, 7) is 7.88. The largest absolute Gasteiger partial charge is 0.496 e. The molecule has 2 N–H and O–H groups in total. The van der Waals surface area contributed by atoms with Gasteiger partial charge in [-0.1, -0.05) is 11.6 Å². The molecule has 0 bridgehead atoms. The molecule has 0 fully saturated rings. The van der Waals surface area contributed by atoms with Gasteiger partial charge in [0.1, 0.15) is 11.5 Å². The average Bonchev–Trinajstić information content (AvgIpc) is 2.25. The monoisotopic (exact) mass is 271 g/mol. The molecule has 3 nitrogen and oxygen atoms in total. The van der Waals surface area contributed by atoms with E-state index < -0.39 is 0 Å². The van der Waals surface area contributed by atoms with Gasteiger partial charge in [-0.3, -0.25) is 0 Å². The van der Waals surface area contributed by atoms with E-state index in [9.17, 15) is 0 Å². The third kappa shape index (κ3) is 2.90. The van der Waals surface area contributed by atoms with Gasteiger partial charge in [-0.05, 0) is 39.7 Å². The number of benzene rings is 1. The molecule has 1 aromatic carbocycles. The van der Waals surface area contributed by atoms with Crippen molar-refractivity contribution >= 4 is 11.6 Å². The molecule has 0 atom stereocenters. The fraction of sp³-hybridized carbons (Fsp3) is 0.571. The quantitative estimate of drug-likeness (QED) is 0.914. The second-order valence-electron chi connectivity index (χ2n) is 5.27. The fourth-order valence-electron chi connectivity index (χ4n) is 2.16. The topological polar surface area (TPSA) is 44.5 Å². The Hall–Kier alpha value is -0.930. The van der Waals surface area contributed by atoms with Crippen molar-refractivity contribution in [1.82, 2.24) is 0 Å². The van der Waals surface area contributed by atoms with Gasteiger partial charge in [0, 0.05) is 16.7 Å². The van der Waals surface area contributed by atoms with Crippen molar-refractivity contribution in [3.05, 3.63) is 21.7 Å². The van der Waals surface area contributed by atoms with Crippen LogP contribution in [-0.4, -0.2) is 19.8 Å². The van der Waals surface area contributed by atoms with Crippen molar-refractivity contribution in [1.29, 1.82) is 0 Å². The number of hydrogen-bond acceptors (Lipinski definition) is 3. The number of methoxy groups -OCH3 is 2. The van der Waals surface area contributed by atoms with E-state index in [0.29, 0.717) is 17.2 Å². The molecule has 0 amide bonds. The van der Waals surface area contributed by atoms with Gasteiger partial charge in [0.2, 0.25) is 0 Å². The zero-order valence-corrected chi connectivity index (χ0v) is 12.7. The van der Waals surface area contributed by atoms with Crippen LogP contribution in [0, 0.1) is 13.8 Å². The molecule has 0 aliphatic heterocycles. The maximum absolute atomic E-state index is 6.29.